The average Bonchev–Trinajstić information content (AvgIpc) is 3.29. The average molecular weight is 367 g/mol. The lowest BCUT2D eigenvalue weighted by Crippen LogP contribution is -2.15. The Balaban J connectivity index is 1.40. The van der Waals surface area contributed by atoms with Crippen molar-refractivity contribution >= 4 is 34.2 Å². The Kier molecular flexibility index (Phi) is 4.37. The molecular weight excluding hydrogens is 352 g/mol. The number of amides is 1. The van der Waals surface area contributed by atoms with Crippen molar-refractivity contribution in [3.05, 3.63) is 60.0 Å². The Morgan fingerprint density at radius 2 is 2.08 bits per heavy atom. The molecule has 0 unspecified atom stereocenters. The predicted molar refractivity (Wildman–Crippen MR) is 99.8 cm³/mol. The van der Waals surface area contributed by atoms with Gasteiger partial charge in [-0.1, -0.05) is 17.7 Å². The third-order valence-electron chi connectivity index (χ3n) is 4.02. The van der Waals surface area contributed by atoms with E-state index >= 15 is 0 Å². The van der Waals surface area contributed by atoms with E-state index in [0.717, 1.165) is 22.2 Å². The number of fused-ring (bicyclic) bond motifs is 1. The molecule has 0 aliphatic rings. The molecule has 130 valence electrons. The largest absolute Gasteiger partial charge is 0.309 e. The van der Waals surface area contributed by atoms with Crippen molar-refractivity contribution in [2.45, 2.75) is 13.0 Å². The second-order valence-electron chi connectivity index (χ2n) is 5.74. The summed E-state index contributed by atoms with van der Waals surface area (Å²) >= 11 is 6.14. The first-order chi connectivity index (χ1) is 12.7. The molecule has 2 N–H and O–H groups in total. The molecule has 7 nitrogen and oxygen atoms in total. The SMILES string of the molecule is O=C(CCn1ncc2c(Cl)cccc21)Nc1cc(-c2ccncc2)[nH]n1. The highest BCUT2D eigenvalue weighted by atomic mass is 35.5. The molecule has 0 radical (unpaired) electrons. The van der Waals surface area contributed by atoms with E-state index in [1.54, 1.807) is 29.3 Å². The first-order valence-corrected chi connectivity index (χ1v) is 8.44. The minimum Gasteiger partial charge on any atom is -0.309 e. The summed E-state index contributed by atoms with van der Waals surface area (Å²) in [6.45, 7) is 0.456. The first-order valence-electron chi connectivity index (χ1n) is 8.06. The van der Waals surface area contributed by atoms with Gasteiger partial charge in [0.25, 0.3) is 0 Å². The first kappa shape index (κ1) is 16.3. The lowest BCUT2D eigenvalue weighted by atomic mass is 10.2. The van der Waals surface area contributed by atoms with E-state index in [0.29, 0.717) is 17.4 Å². The van der Waals surface area contributed by atoms with Gasteiger partial charge in [0.1, 0.15) is 0 Å². The van der Waals surface area contributed by atoms with Gasteiger partial charge in [0.15, 0.2) is 5.82 Å². The molecule has 0 saturated carbocycles. The number of hydrogen-bond donors (Lipinski definition) is 2. The molecule has 4 aromatic rings. The van der Waals surface area contributed by atoms with Crippen LogP contribution in [0.3, 0.4) is 0 Å². The number of benzene rings is 1. The number of anilines is 1. The second-order valence-corrected chi connectivity index (χ2v) is 6.15. The third-order valence-corrected chi connectivity index (χ3v) is 4.35. The van der Waals surface area contributed by atoms with Crippen LogP contribution in [-0.4, -0.2) is 30.9 Å². The molecule has 26 heavy (non-hydrogen) atoms. The van der Waals surface area contributed by atoms with E-state index in [-0.39, 0.29) is 12.3 Å². The normalized spacial score (nSPS) is 11.0. The molecule has 4 rings (SSSR count). The van der Waals surface area contributed by atoms with Gasteiger partial charge in [0.2, 0.25) is 5.91 Å². The summed E-state index contributed by atoms with van der Waals surface area (Å²) in [5.41, 5.74) is 2.67. The number of halogens is 1. The topological polar surface area (TPSA) is 88.5 Å². The van der Waals surface area contributed by atoms with Gasteiger partial charge in [0, 0.05) is 35.8 Å². The molecule has 0 saturated heterocycles. The van der Waals surface area contributed by atoms with Crippen LogP contribution in [0.15, 0.2) is 55.0 Å². The number of pyridine rings is 1. The predicted octanol–water partition coefficient (Wildman–Crippen LogP) is 3.50. The Morgan fingerprint density at radius 1 is 1.23 bits per heavy atom. The van der Waals surface area contributed by atoms with Crippen LogP contribution < -0.4 is 5.32 Å². The summed E-state index contributed by atoms with van der Waals surface area (Å²) < 4.78 is 1.77. The van der Waals surface area contributed by atoms with Gasteiger partial charge in [-0.05, 0) is 24.3 Å². The zero-order valence-corrected chi connectivity index (χ0v) is 14.4. The quantitative estimate of drug-likeness (QED) is 0.565. The number of carbonyl (C=O) groups is 1. The number of nitrogens with one attached hydrogen (secondary N) is 2. The zero-order chi connectivity index (χ0) is 17.9. The maximum absolute atomic E-state index is 12.2. The number of carbonyl (C=O) groups excluding carboxylic acids is 1. The van der Waals surface area contributed by atoms with Gasteiger partial charge in [-0.25, -0.2) is 0 Å². The highest BCUT2D eigenvalue weighted by Crippen LogP contribution is 2.23. The number of H-pyrrole nitrogens is 1. The van der Waals surface area contributed by atoms with Gasteiger partial charge in [-0.15, -0.1) is 0 Å². The smallest absolute Gasteiger partial charge is 0.227 e. The Bertz CT molecular complexity index is 1060. The van der Waals surface area contributed by atoms with Gasteiger partial charge in [0.05, 0.1) is 29.0 Å². The van der Waals surface area contributed by atoms with E-state index in [4.69, 9.17) is 11.6 Å². The van der Waals surface area contributed by atoms with Crippen LogP contribution in [0.4, 0.5) is 5.82 Å². The number of nitrogens with zero attached hydrogens (tertiary/aromatic N) is 4. The van der Waals surface area contributed by atoms with Crippen molar-refractivity contribution in [1.29, 1.82) is 0 Å². The Morgan fingerprint density at radius 3 is 2.92 bits per heavy atom. The minimum absolute atomic E-state index is 0.136. The Hall–Kier alpha value is -3.19. The molecule has 0 fully saturated rings. The second kappa shape index (κ2) is 6.97. The fourth-order valence-corrected chi connectivity index (χ4v) is 2.94. The highest BCUT2D eigenvalue weighted by Gasteiger charge is 2.10. The van der Waals surface area contributed by atoms with Gasteiger partial charge >= 0.3 is 0 Å². The molecule has 0 aliphatic carbocycles. The summed E-state index contributed by atoms with van der Waals surface area (Å²) in [4.78, 5) is 16.2. The summed E-state index contributed by atoms with van der Waals surface area (Å²) in [7, 11) is 0. The standard InChI is InChI=1S/C18H15ClN6O/c19-14-2-1-3-16-13(14)11-21-25(16)9-6-18(26)22-17-10-15(23-24-17)12-4-7-20-8-5-12/h1-5,7-8,10-11H,6,9H2,(H2,22,23,24,26). The van der Waals surface area contributed by atoms with Crippen molar-refractivity contribution in [1.82, 2.24) is 25.0 Å². The van der Waals surface area contributed by atoms with Crippen molar-refractivity contribution in [2.75, 3.05) is 5.32 Å². The van der Waals surface area contributed by atoms with Crippen molar-refractivity contribution in [3.63, 3.8) is 0 Å². The summed E-state index contributed by atoms with van der Waals surface area (Å²) in [6, 6.07) is 11.1. The molecule has 3 aromatic heterocycles. The van der Waals surface area contributed by atoms with Crippen molar-refractivity contribution in [3.8, 4) is 11.3 Å². The molecule has 0 aliphatic heterocycles. The molecule has 0 spiro atoms. The number of hydrogen-bond acceptors (Lipinski definition) is 4. The van der Waals surface area contributed by atoms with Crippen LogP contribution in [0, 0.1) is 0 Å². The summed E-state index contributed by atoms with van der Waals surface area (Å²) in [6.07, 6.45) is 5.40. The van der Waals surface area contributed by atoms with E-state index < -0.39 is 0 Å². The van der Waals surface area contributed by atoms with Gasteiger partial charge in [-0.3, -0.25) is 19.6 Å². The van der Waals surface area contributed by atoms with Crippen LogP contribution in [0.25, 0.3) is 22.2 Å². The van der Waals surface area contributed by atoms with E-state index in [1.807, 2.05) is 30.3 Å². The highest BCUT2D eigenvalue weighted by molar-refractivity contribution is 6.35. The molecule has 1 amide bonds. The van der Waals surface area contributed by atoms with Crippen LogP contribution in [0.1, 0.15) is 6.42 Å². The zero-order valence-electron chi connectivity index (χ0n) is 13.7. The van der Waals surface area contributed by atoms with Crippen LogP contribution >= 0.6 is 11.6 Å². The molecule has 3 heterocycles. The fourth-order valence-electron chi connectivity index (χ4n) is 2.72. The van der Waals surface area contributed by atoms with Gasteiger partial charge in [-0.2, -0.15) is 10.2 Å². The lowest BCUT2D eigenvalue weighted by Gasteiger charge is -2.04. The van der Waals surface area contributed by atoms with E-state index in [9.17, 15) is 4.79 Å². The van der Waals surface area contributed by atoms with Crippen molar-refractivity contribution < 1.29 is 4.79 Å². The Labute approximate surface area is 154 Å². The molecule has 0 bridgehead atoms. The maximum Gasteiger partial charge on any atom is 0.227 e. The number of aromatic nitrogens is 5. The number of aromatic amines is 1. The van der Waals surface area contributed by atoms with Crippen LogP contribution in [0.5, 0.6) is 0 Å². The molecule has 1 aromatic carbocycles. The van der Waals surface area contributed by atoms with Crippen molar-refractivity contribution in [2.24, 2.45) is 0 Å². The fraction of sp³-hybridized carbons (Fsp3) is 0.111. The van der Waals surface area contributed by atoms with E-state index in [1.165, 1.54) is 0 Å². The van der Waals surface area contributed by atoms with Gasteiger partial charge < -0.3 is 5.32 Å². The number of rotatable bonds is 5. The molecule has 0 atom stereocenters. The monoisotopic (exact) mass is 366 g/mol. The summed E-state index contributed by atoms with van der Waals surface area (Å²) in [5.74, 6) is 0.346. The third kappa shape index (κ3) is 3.29. The lowest BCUT2D eigenvalue weighted by molar-refractivity contribution is -0.116. The molecular formula is C18H15ClN6O. The minimum atomic E-state index is -0.136. The maximum atomic E-state index is 12.2. The number of aryl methyl sites for hydroxylation is 1. The van der Waals surface area contributed by atoms with E-state index in [2.05, 4.69) is 25.6 Å². The molecule has 8 heteroatoms. The van der Waals surface area contributed by atoms with Crippen LogP contribution in [0.2, 0.25) is 5.02 Å². The summed E-state index contributed by atoms with van der Waals surface area (Å²) in [5, 5.41) is 15.6. The van der Waals surface area contributed by atoms with Crippen LogP contribution in [-0.2, 0) is 11.3 Å².